The molecule has 5 nitrogen and oxygen atoms in total. The van der Waals surface area contributed by atoms with Crippen molar-refractivity contribution in [1.29, 1.82) is 0 Å². The summed E-state index contributed by atoms with van der Waals surface area (Å²) >= 11 is 0. The van der Waals surface area contributed by atoms with Crippen LogP contribution in [0.2, 0.25) is 0 Å². The standard InChI is InChI=1S/C15H18N4O/c1-19(2)13-9-4-3-7-11(13)18-12-8-5-6-10(14(12)16)15(17)20/h3-9,18H,16H2,1-2H3,(H2,17,20). The maximum Gasteiger partial charge on any atom is 0.250 e. The van der Waals surface area contributed by atoms with Gasteiger partial charge >= 0.3 is 0 Å². The van der Waals surface area contributed by atoms with E-state index in [1.54, 1.807) is 12.1 Å². The number of nitrogens with one attached hydrogen (secondary N) is 1. The molecule has 0 unspecified atom stereocenters. The summed E-state index contributed by atoms with van der Waals surface area (Å²) in [5, 5.41) is 3.24. The van der Waals surface area contributed by atoms with Crippen LogP contribution in [0.3, 0.4) is 0 Å². The highest BCUT2D eigenvalue weighted by Gasteiger charge is 2.11. The number of anilines is 4. The Hall–Kier alpha value is -2.69. The minimum Gasteiger partial charge on any atom is -0.396 e. The number of rotatable bonds is 4. The molecule has 0 saturated carbocycles. The summed E-state index contributed by atoms with van der Waals surface area (Å²) < 4.78 is 0. The molecule has 0 atom stereocenters. The quantitative estimate of drug-likeness (QED) is 0.743. The average Bonchev–Trinajstić information content (AvgIpc) is 2.41. The van der Waals surface area contributed by atoms with Gasteiger partial charge in [0.1, 0.15) is 0 Å². The first-order chi connectivity index (χ1) is 9.50. The lowest BCUT2D eigenvalue weighted by Gasteiger charge is -2.19. The van der Waals surface area contributed by atoms with Crippen LogP contribution >= 0.6 is 0 Å². The zero-order valence-corrected chi connectivity index (χ0v) is 11.6. The molecule has 0 fully saturated rings. The van der Waals surface area contributed by atoms with Crippen LogP contribution in [0, 0.1) is 0 Å². The van der Waals surface area contributed by atoms with Gasteiger partial charge in [-0.1, -0.05) is 18.2 Å². The summed E-state index contributed by atoms with van der Waals surface area (Å²) in [5.41, 5.74) is 14.5. The highest BCUT2D eigenvalue weighted by atomic mass is 16.1. The molecule has 0 radical (unpaired) electrons. The van der Waals surface area contributed by atoms with Crippen molar-refractivity contribution in [2.24, 2.45) is 5.73 Å². The molecular weight excluding hydrogens is 252 g/mol. The van der Waals surface area contributed by atoms with Gasteiger partial charge in [-0.3, -0.25) is 4.79 Å². The van der Waals surface area contributed by atoms with Gasteiger partial charge in [0.2, 0.25) is 0 Å². The van der Waals surface area contributed by atoms with Crippen LogP contribution in [0.25, 0.3) is 0 Å². The first kappa shape index (κ1) is 13.7. The molecule has 0 spiro atoms. The van der Waals surface area contributed by atoms with E-state index in [-0.39, 0.29) is 0 Å². The van der Waals surface area contributed by atoms with Crippen LogP contribution in [0.1, 0.15) is 10.4 Å². The van der Waals surface area contributed by atoms with E-state index in [0.29, 0.717) is 16.9 Å². The van der Waals surface area contributed by atoms with Crippen molar-refractivity contribution in [3.05, 3.63) is 48.0 Å². The second-order valence-electron chi connectivity index (χ2n) is 4.67. The van der Waals surface area contributed by atoms with E-state index in [2.05, 4.69) is 5.32 Å². The van der Waals surface area contributed by atoms with Gasteiger partial charge in [0.25, 0.3) is 5.91 Å². The Bertz CT molecular complexity index is 638. The summed E-state index contributed by atoms with van der Waals surface area (Å²) in [4.78, 5) is 13.3. The number of amides is 1. The average molecular weight is 270 g/mol. The van der Waals surface area contributed by atoms with Gasteiger partial charge in [-0.15, -0.1) is 0 Å². The van der Waals surface area contributed by atoms with Crippen LogP contribution in [-0.2, 0) is 0 Å². The number of primary amides is 1. The van der Waals surface area contributed by atoms with Gasteiger partial charge in [0.15, 0.2) is 0 Å². The molecule has 104 valence electrons. The SMILES string of the molecule is CN(C)c1ccccc1Nc1cccc(C(N)=O)c1N. The van der Waals surface area contributed by atoms with Crippen molar-refractivity contribution < 1.29 is 4.79 Å². The Morgan fingerprint density at radius 2 is 1.70 bits per heavy atom. The van der Waals surface area contributed by atoms with Gasteiger partial charge in [-0.2, -0.15) is 0 Å². The second-order valence-corrected chi connectivity index (χ2v) is 4.67. The Kier molecular flexibility index (Phi) is 3.79. The van der Waals surface area contributed by atoms with E-state index in [0.717, 1.165) is 11.4 Å². The van der Waals surface area contributed by atoms with Crippen LogP contribution in [0.4, 0.5) is 22.7 Å². The van der Waals surface area contributed by atoms with Gasteiger partial charge in [-0.05, 0) is 24.3 Å². The molecule has 2 aromatic carbocycles. The van der Waals surface area contributed by atoms with Gasteiger partial charge in [0, 0.05) is 14.1 Å². The van der Waals surface area contributed by atoms with Gasteiger partial charge < -0.3 is 21.7 Å². The zero-order chi connectivity index (χ0) is 14.7. The number of nitrogens with zero attached hydrogens (tertiary/aromatic N) is 1. The largest absolute Gasteiger partial charge is 0.396 e. The molecule has 5 N–H and O–H groups in total. The van der Waals surface area contributed by atoms with Crippen molar-refractivity contribution >= 4 is 28.7 Å². The maximum atomic E-state index is 11.3. The first-order valence-corrected chi connectivity index (χ1v) is 6.22. The summed E-state index contributed by atoms with van der Waals surface area (Å²) in [6.45, 7) is 0. The molecular formula is C15H18N4O. The Morgan fingerprint density at radius 1 is 1.05 bits per heavy atom. The third-order valence-corrected chi connectivity index (χ3v) is 3.03. The van der Waals surface area contributed by atoms with Crippen LogP contribution < -0.4 is 21.7 Å². The smallest absolute Gasteiger partial charge is 0.250 e. The number of hydrogen-bond donors (Lipinski definition) is 3. The van der Waals surface area contributed by atoms with Crippen molar-refractivity contribution in [2.45, 2.75) is 0 Å². The molecule has 2 rings (SSSR count). The van der Waals surface area contributed by atoms with Gasteiger partial charge in [0.05, 0.1) is 28.3 Å². The van der Waals surface area contributed by atoms with Crippen molar-refractivity contribution in [1.82, 2.24) is 0 Å². The van der Waals surface area contributed by atoms with Crippen LogP contribution in [0.5, 0.6) is 0 Å². The molecule has 1 amide bonds. The lowest BCUT2D eigenvalue weighted by molar-refractivity contribution is 0.100. The number of nitrogens with two attached hydrogens (primary N) is 2. The van der Waals surface area contributed by atoms with Crippen LogP contribution in [-0.4, -0.2) is 20.0 Å². The van der Waals surface area contributed by atoms with Crippen molar-refractivity contribution in [3.63, 3.8) is 0 Å². The van der Waals surface area contributed by atoms with E-state index >= 15 is 0 Å². The Labute approximate surface area is 118 Å². The molecule has 20 heavy (non-hydrogen) atoms. The fourth-order valence-corrected chi connectivity index (χ4v) is 2.00. The number of benzene rings is 2. The summed E-state index contributed by atoms with van der Waals surface area (Å²) in [5.74, 6) is -0.535. The molecule has 0 aliphatic rings. The summed E-state index contributed by atoms with van der Waals surface area (Å²) in [6.07, 6.45) is 0. The monoisotopic (exact) mass is 270 g/mol. The molecule has 0 saturated heterocycles. The molecule has 5 heteroatoms. The molecule has 0 aromatic heterocycles. The maximum absolute atomic E-state index is 11.3. The van der Waals surface area contributed by atoms with E-state index in [9.17, 15) is 4.79 Å². The van der Waals surface area contributed by atoms with Crippen molar-refractivity contribution in [3.8, 4) is 0 Å². The highest BCUT2D eigenvalue weighted by Crippen LogP contribution is 2.31. The number of hydrogen-bond acceptors (Lipinski definition) is 4. The fourth-order valence-electron chi connectivity index (χ4n) is 2.00. The predicted molar refractivity (Wildman–Crippen MR) is 83.4 cm³/mol. The second kappa shape index (κ2) is 5.52. The third-order valence-electron chi connectivity index (χ3n) is 3.03. The fraction of sp³-hybridized carbons (Fsp3) is 0.133. The van der Waals surface area contributed by atoms with E-state index in [1.165, 1.54) is 0 Å². The lowest BCUT2D eigenvalue weighted by atomic mass is 10.1. The van der Waals surface area contributed by atoms with E-state index < -0.39 is 5.91 Å². The highest BCUT2D eigenvalue weighted by molar-refractivity contribution is 6.01. The zero-order valence-electron chi connectivity index (χ0n) is 11.6. The number of carbonyl (C=O) groups excluding carboxylic acids is 1. The minimum absolute atomic E-state index is 0.317. The number of para-hydroxylation sites is 3. The number of carbonyl (C=O) groups is 1. The Balaban J connectivity index is 2.41. The Morgan fingerprint density at radius 3 is 2.35 bits per heavy atom. The summed E-state index contributed by atoms with van der Waals surface area (Å²) in [7, 11) is 3.92. The molecule has 0 aliphatic heterocycles. The topological polar surface area (TPSA) is 84.4 Å². The first-order valence-electron chi connectivity index (χ1n) is 6.22. The third kappa shape index (κ3) is 2.66. The lowest BCUT2D eigenvalue weighted by Crippen LogP contribution is -2.15. The molecule has 2 aromatic rings. The molecule has 0 bridgehead atoms. The molecule has 0 heterocycles. The van der Waals surface area contributed by atoms with E-state index in [4.69, 9.17) is 11.5 Å². The van der Waals surface area contributed by atoms with Crippen molar-refractivity contribution in [2.75, 3.05) is 30.0 Å². The normalized spacial score (nSPS) is 10.1. The van der Waals surface area contributed by atoms with Gasteiger partial charge in [-0.25, -0.2) is 0 Å². The van der Waals surface area contributed by atoms with Crippen LogP contribution in [0.15, 0.2) is 42.5 Å². The number of nitrogen functional groups attached to an aromatic ring is 1. The predicted octanol–water partition coefficient (Wildman–Crippen LogP) is 2.18. The molecule has 0 aliphatic carbocycles. The minimum atomic E-state index is -0.535. The summed E-state index contributed by atoms with van der Waals surface area (Å²) in [6, 6.07) is 13.0. The van der Waals surface area contributed by atoms with E-state index in [1.807, 2.05) is 49.3 Å².